The van der Waals surface area contributed by atoms with Crippen LogP contribution >= 0.6 is 0 Å². The Labute approximate surface area is 215 Å². The highest BCUT2D eigenvalue weighted by Gasteiger charge is 2.27. The first kappa shape index (κ1) is 26.2. The van der Waals surface area contributed by atoms with E-state index in [2.05, 4.69) is 4.90 Å². The van der Waals surface area contributed by atoms with Crippen molar-refractivity contribution in [1.29, 1.82) is 0 Å². The highest BCUT2D eigenvalue weighted by atomic mass is 19.1. The van der Waals surface area contributed by atoms with Gasteiger partial charge in [0.2, 0.25) is 0 Å². The van der Waals surface area contributed by atoms with E-state index >= 15 is 0 Å². The number of hydrogen-bond acceptors (Lipinski definition) is 5. The third kappa shape index (κ3) is 6.46. The van der Waals surface area contributed by atoms with Crippen LogP contribution in [0.4, 0.5) is 15.8 Å². The number of non-ortho nitro benzene ring substituents is 1. The highest BCUT2D eigenvalue weighted by molar-refractivity contribution is 6.06. The molecule has 0 radical (unpaired) electrons. The Hall–Kier alpha value is -3.91. The van der Waals surface area contributed by atoms with Crippen LogP contribution in [0.25, 0.3) is 0 Å². The molecule has 1 heterocycles. The predicted octanol–water partition coefficient (Wildman–Crippen LogP) is 5.59. The fraction of sp³-hybridized carbons (Fsp3) is 0.310. The first-order chi connectivity index (χ1) is 17.7. The van der Waals surface area contributed by atoms with Crippen molar-refractivity contribution < 1.29 is 18.9 Å². The largest absolute Gasteiger partial charge is 0.307 e. The van der Waals surface area contributed by atoms with Crippen molar-refractivity contribution in [2.75, 3.05) is 31.1 Å². The minimum Gasteiger partial charge on any atom is -0.307 e. The molecule has 1 aliphatic heterocycles. The highest BCUT2D eigenvalue weighted by Crippen LogP contribution is 2.25. The maximum absolute atomic E-state index is 13.5. The van der Waals surface area contributed by atoms with Gasteiger partial charge in [-0.1, -0.05) is 6.07 Å². The number of ketones is 1. The summed E-state index contributed by atoms with van der Waals surface area (Å²) in [6.07, 6.45) is 1.41. The van der Waals surface area contributed by atoms with E-state index in [4.69, 9.17) is 0 Å². The zero-order valence-electron chi connectivity index (χ0n) is 21.0. The topological polar surface area (TPSA) is 83.8 Å². The maximum atomic E-state index is 13.5. The zero-order chi connectivity index (χ0) is 26.5. The standard InChI is InChI=1S/C29H30FN3O4/c1-20-17-21(2)19-27(18-20)32(29(35)24-5-9-26(10-6-24)33(36)37)16-15-31-13-11-23(12-14-31)28(34)22-3-7-25(30)8-4-22/h3-10,17-19,23H,11-16H2,1-2H3. The van der Waals surface area contributed by atoms with Crippen molar-refractivity contribution >= 4 is 23.1 Å². The number of nitrogens with zero attached hydrogens (tertiary/aromatic N) is 3. The maximum Gasteiger partial charge on any atom is 0.269 e. The number of nitro groups is 1. The van der Waals surface area contributed by atoms with Crippen molar-refractivity contribution in [3.63, 3.8) is 0 Å². The van der Waals surface area contributed by atoms with Gasteiger partial charge in [0.25, 0.3) is 11.6 Å². The number of aryl methyl sites for hydroxylation is 2. The molecule has 0 aliphatic carbocycles. The van der Waals surface area contributed by atoms with Gasteiger partial charge in [0.05, 0.1) is 4.92 Å². The number of hydrogen-bond donors (Lipinski definition) is 0. The Balaban J connectivity index is 1.44. The Kier molecular flexibility index (Phi) is 8.08. The van der Waals surface area contributed by atoms with Gasteiger partial charge in [-0.25, -0.2) is 4.39 Å². The predicted molar refractivity (Wildman–Crippen MR) is 141 cm³/mol. The molecule has 1 fully saturated rings. The van der Waals surface area contributed by atoms with Crippen molar-refractivity contribution in [2.24, 2.45) is 5.92 Å². The van der Waals surface area contributed by atoms with E-state index in [0.29, 0.717) is 37.1 Å². The van der Waals surface area contributed by atoms with Crippen LogP contribution in [-0.4, -0.2) is 47.7 Å². The molecule has 8 heteroatoms. The van der Waals surface area contributed by atoms with E-state index in [0.717, 1.165) is 29.9 Å². The monoisotopic (exact) mass is 503 g/mol. The summed E-state index contributed by atoms with van der Waals surface area (Å²) in [4.78, 5) is 40.8. The second-order valence-electron chi connectivity index (χ2n) is 9.59. The molecule has 3 aromatic rings. The number of halogens is 1. The lowest BCUT2D eigenvalue weighted by Crippen LogP contribution is -2.43. The van der Waals surface area contributed by atoms with Crippen LogP contribution < -0.4 is 4.90 Å². The third-order valence-corrected chi connectivity index (χ3v) is 6.82. The number of amides is 1. The number of carbonyl (C=O) groups is 2. The van der Waals surface area contributed by atoms with Crippen molar-refractivity contribution in [1.82, 2.24) is 4.90 Å². The van der Waals surface area contributed by atoms with Gasteiger partial charge in [-0.05, 0) is 99.4 Å². The average molecular weight is 504 g/mol. The zero-order valence-corrected chi connectivity index (χ0v) is 21.0. The molecule has 0 N–H and O–H groups in total. The van der Waals surface area contributed by atoms with Crippen molar-refractivity contribution in [3.8, 4) is 0 Å². The molecule has 0 atom stereocenters. The van der Waals surface area contributed by atoms with E-state index < -0.39 is 4.92 Å². The summed E-state index contributed by atoms with van der Waals surface area (Å²) in [5, 5.41) is 11.0. The first-order valence-electron chi connectivity index (χ1n) is 12.4. The van der Waals surface area contributed by atoms with Crippen LogP contribution in [0.15, 0.2) is 66.7 Å². The van der Waals surface area contributed by atoms with Gasteiger partial charge in [0.1, 0.15) is 5.82 Å². The molecule has 1 saturated heterocycles. The van der Waals surface area contributed by atoms with E-state index in [1.807, 2.05) is 32.0 Å². The van der Waals surface area contributed by atoms with Gasteiger partial charge >= 0.3 is 0 Å². The molecule has 0 aromatic heterocycles. The summed E-state index contributed by atoms with van der Waals surface area (Å²) in [6.45, 7) is 6.48. The Morgan fingerprint density at radius 1 is 0.946 bits per heavy atom. The number of piperidine rings is 1. The van der Waals surface area contributed by atoms with Crippen molar-refractivity contribution in [3.05, 3.63) is 105 Å². The molecule has 0 spiro atoms. The van der Waals surface area contributed by atoms with Crippen LogP contribution in [0, 0.1) is 35.7 Å². The molecule has 0 unspecified atom stereocenters. The molecule has 1 aliphatic rings. The summed E-state index contributed by atoms with van der Waals surface area (Å²) < 4.78 is 13.2. The SMILES string of the molecule is Cc1cc(C)cc(N(CCN2CCC(C(=O)c3ccc(F)cc3)CC2)C(=O)c2ccc([N+](=O)[O-])cc2)c1. The Bertz CT molecular complexity index is 1260. The normalized spacial score (nSPS) is 14.4. The molecule has 0 saturated carbocycles. The fourth-order valence-corrected chi connectivity index (χ4v) is 4.85. The molecule has 7 nitrogen and oxygen atoms in total. The quantitative estimate of drug-likeness (QED) is 0.227. The summed E-state index contributed by atoms with van der Waals surface area (Å²) in [6, 6.07) is 17.3. The summed E-state index contributed by atoms with van der Waals surface area (Å²) in [5.41, 5.74) is 3.71. The lowest BCUT2D eigenvalue weighted by molar-refractivity contribution is -0.384. The lowest BCUT2D eigenvalue weighted by atomic mass is 9.89. The van der Waals surface area contributed by atoms with Gasteiger partial charge in [-0.15, -0.1) is 0 Å². The van der Waals surface area contributed by atoms with Crippen LogP contribution in [0.1, 0.15) is 44.7 Å². The summed E-state index contributed by atoms with van der Waals surface area (Å²) in [7, 11) is 0. The van der Waals surface area contributed by atoms with Gasteiger partial charge in [-0.3, -0.25) is 19.7 Å². The van der Waals surface area contributed by atoms with Crippen LogP contribution in [0.5, 0.6) is 0 Å². The first-order valence-corrected chi connectivity index (χ1v) is 12.4. The van der Waals surface area contributed by atoms with Gasteiger partial charge in [-0.2, -0.15) is 0 Å². The third-order valence-electron chi connectivity index (χ3n) is 6.82. The molecule has 4 rings (SSSR count). The average Bonchev–Trinajstić information content (AvgIpc) is 2.88. The molecular weight excluding hydrogens is 473 g/mol. The Morgan fingerprint density at radius 3 is 2.08 bits per heavy atom. The van der Waals surface area contributed by atoms with Gasteiger partial charge in [0.15, 0.2) is 5.78 Å². The lowest BCUT2D eigenvalue weighted by Gasteiger charge is -2.33. The number of carbonyl (C=O) groups excluding carboxylic acids is 2. The summed E-state index contributed by atoms with van der Waals surface area (Å²) >= 11 is 0. The second kappa shape index (κ2) is 11.4. The second-order valence-corrected chi connectivity index (χ2v) is 9.59. The van der Waals surface area contributed by atoms with Crippen molar-refractivity contribution in [2.45, 2.75) is 26.7 Å². The molecule has 1 amide bonds. The van der Waals surface area contributed by atoms with Crippen LogP contribution in [0.3, 0.4) is 0 Å². The van der Waals surface area contributed by atoms with Crippen LogP contribution in [-0.2, 0) is 0 Å². The van der Waals surface area contributed by atoms with Gasteiger partial charge in [0, 0.05) is 48.0 Å². The Morgan fingerprint density at radius 2 is 1.51 bits per heavy atom. The molecule has 192 valence electrons. The molecule has 37 heavy (non-hydrogen) atoms. The van der Waals surface area contributed by atoms with E-state index in [1.54, 1.807) is 4.90 Å². The smallest absolute Gasteiger partial charge is 0.269 e. The molecule has 3 aromatic carbocycles. The number of nitro benzene ring substituents is 1. The minimum absolute atomic E-state index is 0.0462. The molecule has 0 bridgehead atoms. The number of anilines is 1. The van der Waals surface area contributed by atoms with Crippen LogP contribution in [0.2, 0.25) is 0 Å². The van der Waals surface area contributed by atoms with Gasteiger partial charge < -0.3 is 9.80 Å². The molecular formula is C29H30FN3O4. The number of likely N-dealkylation sites (tertiary alicyclic amines) is 1. The van der Waals surface area contributed by atoms with E-state index in [9.17, 15) is 24.1 Å². The number of benzene rings is 3. The van der Waals surface area contributed by atoms with E-state index in [1.165, 1.54) is 48.5 Å². The minimum atomic E-state index is -0.486. The fourth-order valence-electron chi connectivity index (χ4n) is 4.85. The number of rotatable bonds is 8. The summed E-state index contributed by atoms with van der Waals surface area (Å²) in [5.74, 6) is -0.631. The number of Topliss-reactive ketones (excluding diaryl/α,β-unsaturated/α-hetero) is 1. The van der Waals surface area contributed by atoms with E-state index in [-0.39, 0.29) is 29.1 Å².